The van der Waals surface area contributed by atoms with Crippen LogP contribution in [0.4, 0.5) is 30.2 Å². The van der Waals surface area contributed by atoms with Crippen LogP contribution < -0.4 is 11.1 Å². The Morgan fingerprint density at radius 1 is 1.05 bits per heavy atom. The molecule has 0 aliphatic heterocycles. The topological polar surface area (TPSA) is 66.7 Å². The molecule has 0 atom stereocenters. The SMILES string of the molecule is Nc1cc2cn[nH]c2cc1Nc1cc(F)c(F)c(F)c1. The Morgan fingerprint density at radius 3 is 2.45 bits per heavy atom. The number of anilines is 3. The lowest BCUT2D eigenvalue weighted by Gasteiger charge is -2.10. The number of nitrogens with two attached hydrogens (primary N) is 1. The van der Waals surface area contributed by atoms with E-state index in [-0.39, 0.29) is 5.69 Å². The van der Waals surface area contributed by atoms with Crippen LogP contribution in [0, 0.1) is 17.5 Å². The summed E-state index contributed by atoms with van der Waals surface area (Å²) in [7, 11) is 0. The van der Waals surface area contributed by atoms with Crippen LogP contribution in [0.1, 0.15) is 0 Å². The van der Waals surface area contributed by atoms with E-state index in [4.69, 9.17) is 5.73 Å². The van der Waals surface area contributed by atoms with Gasteiger partial charge in [-0.3, -0.25) is 5.10 Å². The largest absolute Gasteiger partial charge is 0.397 e. The predicted molar refractivity (Wildman–Crippen MR) is 70.1 cm³/mol. The third kappa shape index (κ3) is 2.03. The lowest BCUT2D eigenvalue weighted by molar-refractivity contribution is 0.448. The number of nitrogens with one attached hydrogen (secondary N) is 2. The predicted octanol–water partition coefficient (Wildman–Crippen LogP) is 3.31. The van der Waals surface area contributed by atoms with Gasteiger partial charge < -0.3 is 11.1 Å². The summed E-state index contributed by atoms with van der Waals surface area (Å²) in [5, 5.41) is 10.2. The zero-order valence-corrected chi connectivity index (χ0v) is 10.0. The van der Waals surface area contributed by atoms with Crippen molar-refractivity contribution in [2.24, 2.45) is 0 Å². The first-order chi connectivity index (χ1) is 9.54. The molecule has 2 aromatic carbocycles. The van der Waals surface area contributed by atoms with Crippen molar-refractivity contribution in [3.63, 3.8) is 0 Å². The molecule has 0 fully saturated rings. The van der Waals surface area contributed by atoms with E-state index in [1.807, 2.05) is 0 Å². The molecule has 4 nitrogen and oxygen atoms in total. The fourth-order valence-corrected chi connectivity index (χ4v) is 1.90. The van der Waals surface area contributed by atoms with Crippen molar-refractivity contribution in [1.82, 2.24) is 10.2 Å². The van der Waals surface area contributed by atoms with Gasteiger partial charge >= 0.3 is 0 Å². The molecule has 3 rings (SSSR count). The van der Waals surface area contributed by atoms with Crippen molar-refractivity contribution in [1.29, 1.82) is 0 Å². The van der Waals surface area contributed by atoms with E-state index < -0.39 is 17.5 Å². The molecular weight excluding hydrogens is 269 g/mol. The normalized spacial score (nSPS) is 10.9. The van der Waals surface area contributed by atoms with Gasteiger partial charge in [0.2, 0.25) is 0 Å². The zero-order valence-electron chi connectivity index (χ0n) is 10.0. The lowest BCUT2D eigenvalue weighted by atomic mass is 10.2. The number of rotatable bonds is 2. The summed E-state index contributed by atoms with van der Waals surface area (Å²) >= 11 is 0. The van der Waals surface area contributed by atoms with Crippen LogP contribution >= 0.6 is 0 Å². The summed E-state index contributed by atoms with van der Waals surface area (Å²) in [6, 6.07) is 5.03. The highest BCUT2D eigenvalue weighted by atomic mass is 19.2. The molecule has 0 saturated carbocycles. The number of hydrogen-bond acceptors (Lipinski definition) is 3. The summed E-state index contributed by atoms with van der Waals surface area (Å²) in [4.78, 5) is 0. The van der Waals surface area contributed by atoms with Crippen LogP contribution in [0.2, 0.25) is 0 Å². The van der Waals surface area contributed by atoms with Crippen molar-refractivity contribution < 1.29 is 13.2 Å². The second kappa shape index (κ2) is 4.44. The van der Waals surface area contributed by atoms with Gasteiger partial charge in [0.25, 0.3) is 0 Å². The van der Waals surface area contributed by atoms with Crippen molar-refractivity contribution in [2.75, 3.05) is 11.1 Å². The molecule has 0 radical (unpaired) electrons. The Hall–Kier alpha value is -2.70. The van der Waals surface area contributed by atoms with Gasteiger partial charge in [0, 0.05) is 23.2 Å². The molecule has 102 valence electrons. The van der Waals surface area contributed by atoms with Gasteiger partial charge in [0.15, 0.2) is 17.5 Å². The van der Waals surface area contributed by atoms with Gasteiger partial charge in [-0.15, -0.1) is 0 Å². The fraction of sp³-hybridized carbons (Fsp3) is 0. The van der Waals surface area contributed by atoms with Crippen molar-refractivity contribution in [3.05, 3.63) is 47.9 Å². The first kappa shape index (κ1) is 12.3. The van der Waals surface area contributed by atoms with E-state index >= 15 is 0 Å². The van der Waals surface area contributed by atoms with Crippen LogP contribution in [-0.2, 0) is 0 Å². The molecule has 20 heavy (non-hydrogen) atoms. The minimum Gasteiger partial charge on any atom is -0.397 e. The number of hydrogen-bond donors (Lipinski definition) is 3. The van der Waals surface area contributed by atoms with Gasteiger partial charge in [-0.25, -0.2) is 13.2 Å². The molecule has 0 saturated heterocycles. The molecule has 3 aromatic rings. The number of aromatic amines is 1. The number of nitrogen functional groups attached to an aromatic ring is 1. The minimum atomic E-state index is -1.51. The Bertz CT molecular complexity index is 774. The van der Waals surface area contributed by atoms with E-state index in [1.54, 1.807) is 18.3 Å². The summed E-state index contributed by atoms with van der Waals surface area (Å²) in [5.74, 6) is -4.05. The molecule has 0 bridgehead atoms. The number of halogens is 3. The van der Waals surface area contributed by atoms with E-state index in [2.05, 4.69) is 15.5 Å². The van der Waals surface area contributed by atoms with Crippen molar-refractivity contribution in [3.8, 4) is 0 Å². The highest BCUT2D eigenvalue weighted by molar-refractivity contribution is 5.89. The molecule has 0 aliphatic rings. The first-order valence-corrected chi connectivity index (χ1v) is 5.69. The van der Waals surface area contributed by atoms with E-state index in [9.17, 15) is 13.2 Å². The van der Waals surface area contributed by atoms with Crippen LogP contribution in [-0.4, -0.2) is 10.2 Å². The maximum Gasteiger partial charge on any atom is 0.194 e. The van der Waals surface area contributed by atoms with Gasteiger partial charge in [-0.1, -0.05) is 0 Å². The second-order valence-corrected chi connectivity index (χ2v) is 4.28. The van der Waals surface area contributed by atoms with Gasteiger partial charge in [0.05, 0.1) is 23.1 Å². The number of H-pyrrole nitrogens is 1. The van der Waals surface area contributed by atoms with Crippen LogP contribution in [0.25, 0.3) is 10.9 Å². The average molecular weight is 278 g/mol. The van der Waals surface area contributed by atoms with Crippen molar-refractivity contribution in [2.45, 2.75) is 0 Å². The maximum atomic E-state index is 13.1. The minimum absolute atomic E-state index is 0.0620. The highest BCUT2D eigenvalue weighted by Gasteiger charge is 2.11. The summed E-state index contributed by atoms with van der Waals surface area (Å²) in [6.07, 6.45) is 1.60. The summed E-state index contributed by atoms with van der Waals surface area (Å²) in [6.45, 7) is 0. The second-order valence-electron chi connectivity index (χ2n) is 4.28. The Kier molecular flexibility index (Phi) is 2.74. The molecule has 7 heteroatoms. The van der Waals surface area contributed by atoms with Gasteiger partial charge in [-0.2, -0.15) is 5.10 Å². The Balaban J connectivity index is 2.02. The number of nitrogens with zero attached hydrogens (tertiary/aromatic N) is 1. The maximum absolute atomic E-state index is 13.1. The third-order valence-electron chi connectivity index (χ3n) is 2.87. The van der Waals surface area contributed by atoms with Crippen LogP contribution in [0.5, 0.6) is 0 Å². The van der Waals surface area contributed by atoms with E-state index in [1.165, 1.54) is 0 Å². The monoisotopic (exact) mass is 278 g/mol. The average Bonchev–Trinajstić information content (AvgIpc) is 2.83. The van der Waals surface area contributed by atoms with Gasteiger partial charge in [-0.05, 0) is 12.1 Å². The third-order valence-corrected chi connectivity index (χ3v) is 2.87. The molecule has 1 heterocycles. The zero-order chi connectivity index (χ0) is 14.3. The highest BCUT2D eigenvalue weighted by Crippen LogP contribution is 2.28. The number of fused-ring (bicyclic) bond motifs is 1. The molecular formula is C13H9F3N4. The molecule has 0 unspecified atom stereocenters. The smallest absolute Gasteiger partial charge is 0.194 e. The molecule has 1 aromatic heterocycles. The summed E-state index contributed by atoms with van der Waals surface area (Å²) in [5.41, 5.74) is 7.42. The first-order valence-electron chi connectivity index (χ1n) is 5.69. The Labute approximate surface area is 111 Å². The standard InChI is InChI=1S/C13H9F3N4/c14-8-2-7(3-9(15)13(8)16)19-12-4-11-6(1-10(12)17)5-18-20-11/h1-5,19H,17H2,(H,18,20). The number of benzene rings is 2. The van der Waals surface area contributed by atoms with Crippen molar-refractivity contribution >= 4 is 28.0 Å². The number of aromatic nitrogens is 2. The van der Waals surface area contributed by atoms with E-state index in [0.29, 0.717) is 16.9 Å². The quantitative estimate of drug-likeness (QED) is 0.497. The molecule has 4 N–H and O–H groups in total. The fourth-order valence-electron chi connectivity index (χ4n) is 1.90. The molecule has 0 amide bonds. The Morgan fingerprint density at radius 2 is 1.75 bits per heavy atom. The molecule has 0 spiro atoms. The van der Waals surface area contributed by atoms with E-state index in [0.717, 1.165) is 17.5 Å². The van der Waals surface area contributed by atoms with Gasteiger partial charge in [0.1, 0.15) is 0 Å². The molecule has 0 aliphatic carbocycles. The van der Waals surface area contributed by atoms with Crippen LogP contribution in [0.15, 0.2) is 30.5 Å². The lowest BCUT2D eigenvalue weighted by Crippen LogP contribution is -1.99. The summed E-state index contributed by atoms with van der Waals surface area (Å²) < 4.78 is 39.2. The van der Waals surface area contributed by atoms with Crippen LogP contribution in [0.3, 0.4) is 0 Å².